The quantitative estimate of drug-likeness (QED) is 0.700. The minimum Gasteiger partial charge on any atom is -0.352 e. The summed E-state index contributed by atoms with van der Waals surface area (Å²) in [6.45, 7) is 2.52. The van der Waals surface area contributed by atoms with Crippen LogP contribution in [0.3, 0.4) is 0 Å². The molecule has 0 aromatic rings. The average Bonchev–Trinajstić information content (AvgIpc) is 2.46. The molecule has 4 nitrogen and oxygen atoms in total. The number of hydrogen-bond donors (Lipinski definition) is 3. The van der Waals surface area contributed by atoms with Crippen LogP contribution in [0.4, 0.5) is 0 Å². The first-order chi connectivity index (χ1) is 8.81. The highest BCUT2D eigenvalue weighted by Crippen LogP contribution is 2.26. The molecule has 4 N–H and O–H groups in total. The second-order valence-corrected chi connectivity index (χ2v) is 5.77. The molecule has 1 atom stereocenters. The summed E-state index contributed by atoms with van der Waals surface area (Å²) in [6, 6.07) is 0.202. The van der Waals surface area contributed by atoms with Gasteiger partial charge in [-0.2, -0.15) is 0 Å². The molecule has 1 saturated carbocycles. The SMILES string of the molecule is NCC(NC(=O)C1CCNCC1)C1CCCCC1. The van der Waals surface area contributed by atoms with Crippen LogP contribution in [0.1, 0.15) is 44.9 Å². The van der Waals surface area contributed by atoms with E-state index >= 15 is 0 Å². The Balaban J connectivity index is 1.82. The Kier molecular flexibility index (Phi) is 5.45. The number of nitrogens with one attached hydrogen (secondary N) is 2. The number of rotatable bonds is 4. The lowest BCUT2D eigenvalue weighted by atomic mass is 9.83. The molecule has 1 aliphatic heterocycles. The van der Waals surface area contributed by atoms with Crippen molar-refractivity contribution >= 4 is 5.91 Å². The molecule has 1 heterocycles. The van der Waals surface area contributed by atoms with Crippen LogP contribution in [0.25, 0.3) is 0 Å². The van der Waals surface area contributed by atoms with E-state index in [1.54, 1.807) is 0 Å². The van der Waals surface area contributed by atoms with E-state index in [1.165, 1.54) is 32.1 Å². The molecule has 1 amide bonds. The highest BCUT2D eigenvalue weighted by atomic mass is 16.1. The van der Waals surface area contributed by atoms with Crippen LogP contribution >= 0.6 is 0 Å². The highest BCUT2D eigenvalue weighted by molar-refractivity contribution is 5.79. The number of carbonyl (C=O) groups is 1. The summed E-state index contributed by atoms with van der Waals surface area (Å²) >= 11 is 0. The van der Waals surface area contributed by atoms with E-state index in [0.29, 0.717) is 12.5 Å². The molecule has 2 fully saturated rings. The summed E-state index contributed by atoms with van der Waals surface area (Å²) in [4.78, 5) is 12.2. The van der Waals surface area contributed by atoms with Crippen molar-refractivity contribution in [3.63, 3.8) is 0 Å². The third-order valence-corrected chi connectivity index (χ3v) is 4.51. The number of nitrogens with two attached hydrogens (primary N) is 1. The van der Waals surface area contributed by atoms with Gasteiger partial charge in [-0.3, -0.25) is 4.79 Å². The van der Waals surface area contributed by atoms with Crippen molar-refractivity contribution in [3.05, 3.63) is 0 Å². The van der Waals surface area contributed by atoms with Crippen LogP contribution in [0, 0.1) is 11.8 Å². The van der Waals surface area contributed by atoms with Gasteiger partial charge in [-0.25, -0.2) is 0 Å². The Labute approximate surface area is 110 Å². The van der Waals surface area contributed by atoms with E-state index in [1.807, 2.05) is 0 Å². The van der Waals surface area contributed by atoms with Gasteiger partial charge in [0.25, 0.3) is 0 Å². The van der Waals surface area contributed by atoms with Gasteiger partial charge in [-0.1, -0.05) is 19.3 Å². The van der Waals surface area contributed by atoms with Gasteiger partial charge < -0.3 is 16.4 Å². The summed E-state index contributed by atoms with van der Waals surface area (Å²) in [7, 11) is 0. The largest absolute Gasteiger partial charge is 0.352 e. The first-order valence-corrected chi connectivity index (χ1v) is 7.52. The second-order valence-electron chi connectivity index (χ2n) is 5.77. The Bertz CT molecular complexity index is 258. The van der Waals surface area contributed by atoms with Gasteiger partial charge in [0.15, 0.2) is 0 Å². The van der Waals surface area contributed by atoms with Gasteiger partial charge in [0, 0.05) is 18.5 Å². The van der Waals surface area contributed by atoms with Gasteiger partial charge in [0.2, 0.25) is 5.91 Å². The summed E-state index contributed by atoms with van der Waals surface area (Å²) in [6.07, 6.45) is 8.33. The predicted octanol–water partition coefficient (Wildman–Crippen LogP) is 1.01. The molecule has 1 saturated heterocycles. The van der Waals surface area contributed by atoms with Crippen molar-refractivity contribution in [2.75, 3.05) is 19.6 Å². The Morgan fingerprint density at radius 3 is 2.44 bits per heavy atom. The number of hydrogen-bond acceptors (Lipinski definition) is 3. The molecule has 104 valence electrons. The summed E-state index contributed by atoms with van der Waals surface area (Å²) in [5.41, 5.74) is 5.85. The van der Waals surface area contributed by atoms with Gasteiger partial charge in [0.1, 0.15) is 0 Å². The molecule has 4 heteroatoms. The molecular formula is C14H27N3O. The fourth-order valence-electron chi connectivity index (χ4n) is 3.29. The van der Waals surface area contributed by atoms with Crippen molar-refractivity contribution < 1.29 is 4.79 Å². The number of amides is 1. The molecule has 0 bridgehead atoms. The van der Waals surface area contributed by atoms with Crippen LogP contribution < -0.4 is 16.4 Å². The second kappa shape index (κ2) is 7.10. The predicted molar refractivity (Wildman–Crippen MR) is 73.2 cm³/mol. The van der Waals surface area contributed by atoms with Crippen LogP contribution in [-0.2, 0) is 4.79 Å². The standard InChI is InChI=1S/C14H27N3O/c15-10-13(11-4-2-1-3-5-11)17-14(18)12-6-8-16-9-7-12/h11-13,16H,1-10,15H2,(H,17,18). The Morgan fingerprint density at radius 2 is 1.83 bits per heavy atom. The maximum absolute atomic E-state index is 12.2. The smallest absolute Gasteiger partial charge is 0.223 e. The maximum Gasteiger partial charge on any atom is 0.223 e. The molecule has 0 spiro atoms. The number of carbonyl (C=O) groups excluding carboxylic acids is 1. The van der Waals surface area contributed by atoms with Crippen LogP contribution in [0.5, 0.6) is 0 Å². The van der Waals surface area contributed by atoms with Crippen molar-refractivity contribution in [2.24, 2.45) is 17.6 Å². The highest BCUT2D eigenvalue weighted by Gasteiger charge is 2.27. The zero-order chi connectivity index (χ0) is 12.8. The maximum atomic E-state index is 12.2. The first-order valence-electron chi connectivity index (χ1n) is 7.52. The fourth-order valence-corrected chi connectivity index (χ4v) is 3.29. The lowest BCUT2D eigenvalue weighted by Crippen LogP contribution is -2.49. The topological polar surface area (TPSA) is 67.1 Å². The average molecular weight is 253 g/mol. The minimum atomic E-state index is 0.198. The van der Waals surface area contributed by atoms with Crippen LogP contribution in [0.15, 0.2) is 0 Å². The zero-order valence-electron chi connectivity index (χ0n) is 11.3. The van der Waals surface area contributed by atoms with Crippen molar-refractivity contribution in [1.29, 1.82) is 0 Å². The molecule has 1 unspecified atom stereocenters. The lowest BCUT2D eigenvalue weighted by molar-refractivity contribution is -0.126. The van der Waals surface area contributed by atoms with E-state index in [0.717, 1.165) is 25.9 Å². The molecule has 0 aromatic heterocycles. The van der Waals surface area contributed by atoms with Gasteiger partial charge in [-0.15, -0.1) is 0 Å². The molecule has 2 rings (SSSR count). The molecule has 2 aliphatic rings. The summed E-state index contributed by atoms with van der Waals surface area (Å²) in [5.74, 6) is 1.04. The van der Waals surface area contributed by atoms with Crippen LogP contribution in [0.2, 0.25) is 0 Å². The van der Waals surface area contributed by atoms with Crippen molar-refractivity contribution in [3.8, 4) is 0 Å². The minimum absolute atomic E-state index is 0.198. The monoisotopic (exact) mass is 253 g/mol. The Morgan fingerprint density at radius 1 is 1.17 bits per heavy atom. The normalized spacial score (nSPS) is 24.7. The van der Waals surface area contributed by atoms with Crippen molar-refractivity contribution in [1.82, 2.24) is 10.6 Å². The van der Waals surface area contributed by atoms with Crippen LogP contribution in [-0.4, -0.2) is 31.6 Å². The molecule has 1 aliphatic carbocycles. The van der Waals surface area contributed by atoms with E-state index in [2.05, 4.69) is 10.6 Å². The summed E-state index contributed by atoms with van der Waals surface area (Å²) < 4.78 is 0. The molecule has 0 aromatic carbocycles. The third-order valence-electron chi connectivity index (χ3n) is 4.51. The first kappa shape index (κ1) is 13.8. The zero-order valence-corrected chi connectivity index (χ0v) is 11.3. The van der Waals surface area contributed by atoms with Gasteiger partial charge in [0.05, 0.1) is 0 Å². The molecule has 0 radical (unpaired) electrons. The Hall–Kier alpha value is -0.610. The van der Waals surface area contributed by atoms with Gasteiger partial charge in [-0.05, 0) is 44.7 Å². The third kappa shape index (κ3) is 3.69. The van der Waals surface area contributed by atoms with E-state index in [-0.39, 0.29) is 17.9 Å². The van der Waals surface area contributed by atoms with Gasteiger partial charge >= 0.3 is 0 Å². The molecule has 18 heavy (non-hydrogen) atoms. The number of piperidine rings is 1. The van der Waals surface area contributed by atoms with E-state index in [9.17, 15) is 4.79 Å². The van der Waals surface area contributed by atoms with Crippen molar-refractivity contribution in [2.45, 2.75) is 51.0 Å². The van der Waals surface area contributed by atoms with E-state index in [4.69, 9.17) is 5.73 Å². The summed E-state index contributed by atoms with van der Waals surface area (Å²) in [5, 5.41) is 6.51. The lowest BCUT2D eigenvalue weighted by Gasteiger charge is -2.32. The fraction of sp³-hybridized carbons (Fsp3) is 0.929. The van der Waals surface area contributed by atoms with E-state index < -0.39 is 0 Å². The molecular weight excluding hydrogens is 226 g/mol.